The number of Topliss-reactive ketones (excluding diaryl/α,β-unsaturated/α-hetero) is 1. The molecule has 0 aliphatic heterocycles. The number of amides is 1. The van der Waals surface area contributed by atoms with Gasteiger partial charge >= 0.3 is 5.97 Å². The number of carboxylic acids is 1. The first kappa shape index (κ1) is 20.9. The first-order valence-corrected chi connectivity index (χ1v) is 9.49. The van der Waals surface area contributed by atoms with E-state index in [1.165, 1.54) is 6.07 Å². The molecule has 0 spiro atoms. The maximum atomic E-state index is 12.3. The van der Waals surface area contributed by atoms with Crippen LogP contribution < -0.4 is 10.9 Å². The van der Waals surface area contributed by atoms with Crippen LogP contribution in [0.1, 0.15) is 85.2 Å². The van der Waals surface area contributed by atoms with Gasteiger partial charge in [0.1, 0.15) is 5.56 Å². The molecule has 0 aromatic carbocycles. The second kappa shape index (κ2) is 8.97. The number of carbonyl (C=O) groups is 3. The van der Waals surface area contributed by atoms with E-state index >= 15 is 0 Å². The number of carboxylic acid groups (broad SMARTS) is 1. The summed E-state index contributed by atoms with van der Waals surface area (Å²) in [6.45, 7) is 4.40. The highest BCUT2D eigenvalue weighted by Crippen LogP contribution is 2.33. The molecule has 0 atom stereocenters. The number of aliphatic carboxylic acids is 1. The Labute approximate surface area is 158 Å². The van der Waals surface area contributed by atoms with Crippen molar-refractivity contribution in [2.24, 2.45) is 5.41 Å². The number of rotatable bonds is 9. The molecule has 1 heterocycles. The normalized spacial score (nSPS) is 15.3. The van der Waals surface area contributed by atoms with E-state index in [-0.39, 0.29) is 23.2 Å². The summed E-state index contributed by atoms with van der Waals surface area (Å²) in [5, 5.41) is 11.3. The Hall–Kier alpha value is -2.44. The molecule has 3 N–H and O–H groups in total. The summed E-state index contributed by atoms with van der Waals surface area (Å²) in [5.41, 5.74) is 0.367. The van der Waals surface area contributed by atoms with Crippen molar-refractivity contribution >= 4 is 17.7 Å². The van der Waals surface area contributed by atoms with Gasteiger partial charge in [0, 0.05) is 30.6 Å². The molecule has 0 fully saturated rings. The smallest absolute Gasteiger partial charge is 0.303 e. The molecule has 0 unspecified atom stereocenters. The van der Waals surface area contributed by atoms with Gasteiger partial charge in [-0.25, -0.2) is 0 Å². The van der Waals surface area contributed by atoms with Crippen LogP contribution in [0.2, 0.25) is 0 Å². The fraction of sp³-hybridized carbons (Fsp3) is 0.600. The first-order valence-electron chi connectivity index (χ1n) is 9.49. The maximum Gasteiger partial charge on any atom is 0.303 e. The molecule has 7 heteroatoms. The third-order valence-corrected chi connectivity index (χ3v) is 4.82. The second-order valence-corrected chi connectivity index (χ2v) is 8.01. The van der Waals surface area contributed by atoms with E-state index in [2.05, 4.69) is 10.3 Å². The Morgan fingerprint density at radius 2 is 1.78 bits per heavy atom. The molecule has 0 saturated heterocycles. The van der Waals surface area contributed by atoms with Crippen molar-refractivity contribution in [3.05, 3.63) is 33.2 Å². The van der Waals surface area contributed by atoms with Gasteiger partial charge < -0.3 is 15.4 Å². The Balaban J connectivity index is 1.85. The largest absolute Gasteiger partial charge is 0.481 e. The van der Waals surface area contributed by atoms with E-state index < -0.39 is 17.4 Å². The van der Waals surface area contributed by atoms with Crippen molar-refractivity contribution in [1.82, 2.24) is 10.3 Å². The molecule has 0 bridgehead atoms. The summed E-state index contributed by atoms with van der Waals surface area (Å²) in [7, 11) is 0. The molecule has 1 aliphatic carbocycles. The number of aromatic amines is 1. The highest BCUT2D eigenvalue weighted by Gasteiger charge is 2.32. The van der Waals surface area contributed by atoms with Gasteiger partial charge in [-0.3, -0.25) is 19.2 Å². The molecule has 2 rings (SSSR count). The zero-order chi connectivity index (χ0) is 20.0. The van der Waals surface area contributed by atoms with Gasteiger partial charge in [0.05, 0.1) is 0 Å². The summed E-state index contributed by atoms with van der Waals surface area (Å²) in [4.78, 5) is 50.0. The van der Waals surface area contributed by atoms with Gasteiger partial charge in [0.15, 0.2) is 5.78 Å². The van der Waals surface area contributed by atoms with Crippen LogP contribution in [0.3, 0.4) is 0 Å². The van der Waals surface area contributed by atoms with E-state index in [1.54, 1.807) is 0 Å². The molecule has 7 nitrogen and oxygen atoms in total. The highest BCUT2D eigenvalue weighted by molar-refractivity contribution is 6.02. The molecular weight excluding hydrogens is 348 g/mol. The highest BCUT2D eigenvalue weighted by atomic mass is 16.4. The van der Waals surface area contributed by atoms with Crippen molar-refractivity contribution in [1.29, 1.82) is 0 Å². The van der Waals surface area contributed by atoms with Crippen molar-refractivity contribution in [3.8, 4) is 0 Å². The molecule has 148 valence electrons. The van der Waals surface area contributed by atoms with Crippen LogP contribution in [-0.4, -0.2) is 34.3 Å². The van der Waals surface area contributed by atoms with Gasteiger partial charge in [-0.05, 0) is 30.7 Å². The Kier molecular flexibility index (Phi) is 6.93. The van der Waals surface area contributed by atoms with Crippen molar-refractivity contribution in [3.63, 3.8) is 0 Å². The number of unbranched alkanes of at least 4 members (excludes halogenated alkanes) is 4. The van der Waals surface area contributed by atoms with Gasteiger partial charge in [-0.2, -0.15) is 0 Å². The number of nitrogens with one attached hydrogen (secondary N) is 2. The Morgan fingerprint density at radius 1 is 1.11 bits per heavy atom. The molecule has 0 radical (unpaired) electrons. The third-order valence-electron chi connectivity index (χ3n) is 4.82. The number of carbonyl (C=O) groups excluding carboxylic acids is 2. The molecule has 0 saturated carbocycles. The molecule has 1 aliphatic rings. The van der Waals surface area contributed by atoms with Gasteiger partial charge in [0.25, 0.3) is 11.5 Å². The number of hydrogen-bond acceptors (Lipinski definition) is 4. The molecule has 1 aromatic heterocycles. The molecular formula is C20H28N2O5. The second-order valence-electron chi connectivity index (χ2n) is 8.01. The van der Waals surface area contributed by atoms with Crippen LogP contribution in [0, 0.1) is 5.41 Å². The number of ketones is 1. The fourth-order valence-electron chi connectivity index (χ4n) is 3.43. The van der Waals surface area contributed by atoms with Crippen LogP contribution in [-0.2, 0) is 11.2 Å². The minimum atomic E-state index is -0.778. The van der Waals surface area contributed by atoms with E-state index in [9.17, 15) is 19.2 Å². The van der Waals surface area contributed by atoms with Crippen molar-refractivity contribution < 1.29 is 19.5 Å². The average Bonchev–Trinajstić information content (AvgIpc) is 2.55. The van der Waals surface area contributed by atoms with E-state index in [0.717, 1.165) is 25.7 Å². The topological polar surface area (TPSA) is 116 Å². The molecule has 1 amide bonds. The lowest BCUT2D eigenvalue weighted by molar-refractivity contribution is -0.137. The zero-order valence-electron chi connectivity index (χ0n) is 16.0. The van der Waals surface area contributed by atoms with Gasteiger partial charge in [-0.1, -0.05) is 33.1 Å². The summed E-state index contributed by atoms with van der Waals surface area (Å²) in [6.07, 6.45) is 5.26. The standard InChI is InChI=1S/C20H28N2O5/c1-20(2)11-15-13(16(23)12-20)10-14(19(27)22-15)18(26)21-9-7-5-3-4-6-8-17(24)25/h10H,3-9,11-12H2,1-2H3,(H,21,26)(H,22,27)(H,24,25). The van der Waals surface area contributed by atoms with Crippen LogP contribution in [0.15, 0.2) is 10.9 Å². The summed E-state index contributed by atoms with van der Waals surface area (Å²) < 4.78 is 0. The SMILES string of the molecule is CC1(C)CC(=O)c2cc(C(=O)NCCCCCCCC(=O)O)c(=O)[nH]c2C1. The van der Waals surface area contributed by atoms with Crippen molar-refractivity contribution in [2.45, 2.75) is 65.2 Å². The maximum absolute atomic E-state index is 12.3. The van der Waals surface area contributed by atoms with Crippen LogP contribution in [0.5, 0.6) is 0 Å². The number of fused-ring (bicyclic) bond motifs is 1. The lowest BCUT2D eigenvalue weighted by atomic mass is 9.75. The predicted molar refractivity (Wildman–Crippen MR) is 101 cm³/mol. The third kappa shape index (κ3) is 6.05. The fourth-order valence-corrected chi connectivity index (χ4v) is 3.43. The van der Waals surface area contributed by atoms with Crippen molar-refractivity contribution in [2.75, 3.05) is 6.54 Å². The minimum Gasteiger partial charge on any atom is -0.481 e. The predicted octanol–water partition coefficient (Wildman–Crippen LogP) is 2.68. The number of aromatic nitrogens is 1. The van der Waals surface area contributed by atoms with E-state index in [4.69, 9.17) is 5.11 Å². The average molecular weight is 376 g/mol. The monoisotopic (exact) mass is 376 g/mol. The zero-order valence-corrected chi connectivity index (χ0v) is 16.0. The van der Waals surface area contributed by atoms with Crippen LogP contribution in [0.25, 0.3) is 0 Å². The Bertz CT molecular complexity index is 779. The molecule has 27 heavy (non-hydrogen) atoms. The van der Waals surface area contributed by atoms with E-state index in [1.807, 2.05) is 13.8 Å². The summed E-state index contributed by atoms with van der Waals surface area (Å²) in [6, 6.07) is 1.42. The summed E-state index contributed by atoms with van der Waals surface area (Å²) >= 11 is 0. The van der Waals surface area contributed by atoms with Gasteiger partial charge in [0.2, 0.25) is 0 Å². The number of H-pyrrole nitrogens is 1. The lowest BCUT2D eigenvalue weighted by Gasteiger charge is -2.29. The quantitative estimate of drug-likeness (QED) is 0.573. The lowest BCUT2D eigenvalue weighted by Crippen LogP contribution is -2.35. The number of pyridine rings is 1. The Morgan fingerprint density at radius 3 is 2.48 bits per heavy atom. The van der Waals surface area contributed by atoms with Crippen LogP contribution >= 0.6 is 0 Å². The summed E-state index contributed by atoms with van der Waals surface area (Å²) in [5.74, 6) is -1.30. The van der Waals surface area contributed by atoms with Gasteiger partial charge in [-0.15, -0.1) is 0 Å². The van der Waals surface area contributed by atoms with E-state index in [0.29, 0.717) is 37.1 Å². The molecule has 1 aromatic rings. The van der Waals surface area contributed by atoms with Crippen LogP contribution in [0.4, 0.5) is 0 Å². The number of hydrogen-bond donors (Lipinski definition) is 3. The first-order chi connectivity index (χ1) is 12.7. The minimum absolute atomic E-state index is 0.0248.